The molecular weight excluding hydrogens is 354 g/mol. The van der Waals surface area contributed by atoms with Crippen molar-refractivity contribution in [2.45, 2.75) is 71.9 Å². The van der Waals surface area contributed by atoms with Crippen molar-refractivity contribution in [1.29, 1.82) is 0 Å². The van der Waals surface area contributed by atoms with E-state index in [-0.39, 0.29) is 40.8 Å². The molecule has 0 spiro atoms. The summed E-state index contributed by atoms with van der Waals surface area (Å²) in [7, 11) is 1.90. The van der Waals surface area contributed by atoms with Crippen LogP contribution < -0.4 is 10.6 Å². The van der Waals surface area contributed by atoms with Crippen LogP contribution in [0, 0.1) is 10.8 Å². The van der Waals surface area contributed by atoms with Gasteiger partial charge < -0.3 is 15.5 Å². The third kappa shape index (κ3) is 4.67. The van der Waals surface area contributed by atoms with Crippen molar-refractivity contribution in [3.8, 4) is 0 Å². The van der Waals surface area contributed by atoms with E-state index in [1.54, 1.807) is 6.20 Å². The Hall–Kier alpha value is -2.05. The zero-order valence-corrected chi connectivity index (χ0v) is 18.1. The van der Waals surface area contributed by atoms with E-state index in [0.717, 1.165) is 18.5 Å². The number of hydrogen-bond donors (Lipinski definition) is 2. The summed E-state index contributed by atoms with van der Waals surface area (Å²) in [5.41, 5.74) is 1.48. The van der Waals surface area contributed by atoms with Crippen molar-refractivity contribution in [3.63, 3.8) is 0 Å². The van der Waals surface area contributed by atoms with Gasteiger partial charge in [-0.25, -0.2) is 4.79 Å². The summed E-state index contributed by atoms with van der Waals surface area (Å²) in [5, 5.41) is 10.6. The zero-order valence-electron chi connectivity index (χ0n) is 18.1. The molecule has 3 amide bonds. The van der Waals surface area contributed by atoms with Crippen LogP contribution in [0.25, 0.3) is 0 Å². The number of aromatic nitrogens is 2. The molecule has 0 radical (unpaired) electrons. The van der Waals surface area contributed by atoms with Crippen molar-refractivity contribution in [2.24, 2.45) is 17.9 Å². The molecule has 1 saturated carbocycles. The Kier molecular flexibility index (Phi) is 5.47. The first kappa shape index (κ1) is 20.7. The Morgan fingerprint density at radius 2 is 1.75 bits per heavy atom. The second kappa shape index (κ2) is 7.41. The average Bonchev–Trinajstić information content (AvgIpc) is 3.09. The van der Waals surface area contributed by atoms with Gasteiger partial charge in [-0.3, -0.25) is 9.48 Å². The smallest absolute Gasteiger partial charge is 0.317 e. The standard InChI is InChI=1S/C21H35N5O2/c1-14(27)23-17-12-26(11-16(17)18-7-8-22-25(18)6)19(28)24-15-9-20(2,3)13-21(4,5)10-15/h7-8,15-17H,9-13H2,1-6H3,(H,23,27)(H,24,28)/t16-,17-/m1/s1. The molecule has 1 aromatic heterocycles. The van der Waals surface area contributed by atoms with Gasteiger partial charge in [0, 0.05) is 50.9 Å². The summed E-state index contributed by atoms with van der Waals surface area (Å²) < 4.78 is 1.83. The largest absolute Gasteiger partial charge is 0.351 e. The van der Waals surface area contributed by atoms with E-state index in [9.17, 15) is 9.59 Å². The lowest BCUT2D eigenvalue weighted by molar-refractivity contribution is -0.119. The molecule has 7 heteroatoms. The molecule has 28 heavy (non-hydrogen) atoms. The molecule has 2 fully saturated rings. The summed E-state index contributed by atoms with van der Waals surface area (Å²) in [5.74, 6) is -0.0309. The number of nitrogens with one attached hydrogen (secondary N) is 2. The van der Waals surface area contributed by atoms with Crippen LogP contribution in [0.4, 0.5) is 4.79 Å². The van der Waals surface area contributed by atoms with Gasteiger partial charge in [-0.15, -0.1) is 0 Å². The van der Waals surface area contributed by atoms with E-state index in [0.29, 0.717) is 13.1 Å². The number of likely N-dealkylation sites (tertiary alicyclic amines) is 1. The van der Waals surface area contributed by atoms with Crippen molar-refractivity contribution in [3.05, 3.63) is 18.0 Å². The minimum Gasteiger partial charge on any atom is -0.351 e. The minimum atomic E-state index is -0.0992. The molecule has 0 bridgehead atoms. The predicted octanol–water partition coefficient (Wildman–Crippen LogP) is 2.64. The van der Waals surface area contributed by atoms with E-state index in [4.69, 9.17) is 0 Å². The Labute approximate surface area is 168 Å². The number of hydrogen-bond acceptors (Lipinski definition) is 3. The molecule has 1 saturated heterocycles. The zero-order chi connectivity index (χ0) is 20.7. The summed E-state index contributed by atoms with van der Waals surface area (Å²) in [4.78, 5) is 26.6. The minimum absolute atomic E-state index is 0.0291. The van der Waals surface area contributed by atoms with Gasteiger partial charge in [-0.2, -0.15) is 5.10 Å². The molecule has 2 atom stereocenters. The van der Waals surface area contributed by atoms with Crippen molar-refractivity contribution in [2.75, 3.05) is 13.1 Å². The van der Waals surface area contributed by atoms with E-state index in [2.05, 4.69) is 43.4 Å². The van der Waals surface area contributed by atoms with Gasteiger partial charge in [-0.05, 0) is 36.2 Å². The van der Waals surface area contributed by atoms with Crippen LogP contribution in [0.3, 0.4) is 0 Å². The number of urea groups is 1. The topological polar surface area (TPSA) is 79.3 Å². The summed E-state index contributed by atoms with van der Waals surface area (Å²) >= 11 is 0. The first-order chi connectivity index (χ1) is 13.0. The number of nitrogens with zero attached hydrogens (tertiary/aromatic N) is 3. The highest BCUT2D eigenvalue weighted by Gasteiger charge is 2.41. The van der Waals surface area contributed by atoms with Gasteiger partial charge in [0.2, 0.25) is 5.91 Å². The fourth-order valence-corrected chi connectivity index (χ4v) is 5.64. The lowest BCUT2D eigenvalue weighted by atomic mass is 9.63. The van der Waals surface area contributed by atoms with Crippen LogP contribution in [0.1, 0.15) is 65.5 Å². The number of carbonyl (C=O) groups is 2. The van der Waals surface area contributed by atoms with Gasteiger partial charge >= 0.3 is 6.03 Å². The van der Waals surface area contributed by atoms with Crippen LogP contribution >= 0.6 is 0 Å². The first-order valence-corrected chi connectivity index (χ1v) is 10.3. The average molecular weight is 390 g/mol. The van der Waals surface area contributed by atoms with Crippen LogP contribution in [0.15, 0.2) is 12.3 Å². The number of rotatable bonds is 3. The quantitative estimate of drug-likeness (QED) is 0.834. The van der Waals surface area contributed by atoms with Crippen LogP contribution in [-0.4, -0.2) is 51.8 Å². The lowest BCUT2D eigenvalue weighted by Crippen LogP contribution is -2.50. The highest BCUT2D eigenvalue weighted by Crippen LogP contribution is 2.45. The SMILES string of the molecule is CC(=O)N[C@@H]1CN(C(=O)NC2CC(C)(C)CC(C)(C)C2)C[C@H]1c1ccnn1C. The Morgan fingerprint density at radius 3 is 2.29 bits per heavy atom. The van der Waals surface area contributed by atoms with Gasteiger partial charge in [0.15, 0.2) is 0 Å². The van der Waals surface area contributed by atoms with Crippen molar-refractivity contribution in [1.82, 2.24) is 25.3 Å². The molecule has 1 aromatic rings. The van der Waals surface area contributed by atoms with Gasteiger partial charge in [0.25, 0.3) is 0 Å². The Balaban J connectivity index is 1.70. The third-order valence-electron chi connectivity index (χ3n) is 6.12. The molecule has 1 aliphatic heterocycles. The summed E-state index contributed by atoms with van der Waals surface area (Å²) in [6.45, 7) is 11.8. The fourth-order valence-electron chi connectivity index (χ4n) is 5.64. The highest BCUT2D eigenvalue weighted by atomic mass is 16.2. The maximum Gasteiger partial charge on any atom is 0.317 e. The Morgan fingerprint density at radius 1 is 1.11 bits per heavy atom. The number of carbonyl (C=O) groups excluding carboxylic acids is 2. The molecule has 156 valence electrons. The molecule has 1 aliphatic carbocycles. The molecule has 3 rings (SSSR count). The maximum atomic E-state index is 13.0. The molecule has 2 N–H and O–H groups in total. The van der Waals surface area contributed by atoms with Crippen molar-refractivity contribution >= 4 is 11.9 Å². The molecule has 2 aliphatic rings. The number of aryl methyl sites for hydroxylation is 1. The van der Waals surface area contributed by atoms with E-state index < -0.39 is 0 Å². The van der Waals surface area contributed by atoms with E-state index >= 15 is 0 Å². The monoisotopic (exact) mass is 389 g/mol. The second-order valence-electron chi connectivity index (χ2n) is 10.3. The fraction of sp³-hybridized carbons (Fsp3) is 0.762. The lowest BCUT2D eigenvalue weighted by Gasteiger charge is -2.45. The number of amides is 3. The normalized spacial score (nSPS) is 26.9. The molecular formula is C21H35N5O2. The van der Waals surface area contributed by atoms with E-state index in [1.165, 1.54) is 13.3 Å². The maximum absolute atomic E-state index is 13.0. The molecule has 7 nitrogen and oxygen atoms in total. The molecule has 0 unspecified atom stereocenters. The van der Waals surface area contributed by atoms with Crippen molar-refractivity contribution < 1.29 is 9.59 Å². The molecule has 2 heterocycles. The van der Waals surface area contributed by atoms with Crippen LogP contribution in [-0.2, 0) is 11.8 Å². The van der Waals surface area contributed by atoms with Gasteiger partial charge in [0.1, 0.15) is 0 Å². The second-order valence-corrected chi connectivity index (χ2v) is 10.3. The van der Waals surface area contributed by atoms with Crippen LogP contribution in [0.5, 0.6) is 0 Å². The Bertz CT molecular complexity index is 723. The summed E-state index contributed by atoms with van der Waals surface area (Å²) in [6.07, 6.45) is 4.92. The van der Waals surface area contributed by atoms with Gasteiger partial charge in [0.05, 0.1) is 6.04 Å². The first-order valence-electron chi connectivity index (χ1n) is 10.3. The summed E-state index contributed by atoms with van der Waals surface area (Å²) in [6, 6.07) is 2.02. The van der Waals surface area contributed by atoms with E-state index in [1.807, 2.05) is 22.7 Å². The predicted molar refractivity (Wildman–Crippen MR) is 109 cm³/mol. The van der Waals surface area contributed by atoms with Crippen LogP contribution in [0.2, 0.25) is 0 Å². The van der Waals surface area contributed by atoms with Gasteiger partial charge in [-0.1, -0.05) is 27.7 Å². The highest BCUT2D eigenvalue weighted by molar-refractivity contribution is 5.76. The third-order valence-corrected chi connectivity index (χ3v) is 6.12. The molecule has 0 aromatic carbocycles.